The van der Waals surface area contributed by atoms with E-state index < -0.39 is 11.9 Å². The van der Waals surface area contributed by atoms with Crippen LogP contribution in [0.2, 0.25) is 0 Å². The molecule has 3 nitrogen and oxygen atoms in total. The summed E-state index contributed by atoms with van der Waals surface area (Å²) in [4.78, 5) is 12.0. The van der Waals surface area contributed by atoms with Gasteiger partial charge >= 0.3 is 0 Å². The van der Waals surface area contributed by atoms with Gasteiger partial charge in [-0.15, -0.1) is 0 Å². The number of nitrogens with one attached hydrogen (secondary N) is 1. The molecule has 0 aliphatic carbocycles. The molecule has 0 saturated carbocycles. The summed E-state index contributed by atoms with van der Waals surface area (Å²) < 4.78 is 13.4. The van der Waals surface area contributed by atoms with Gasteiger partial charge in [-0.2, -0.15) is 0 Å². The van der Waals surface area contributed by atoms with Crippen molar-refractivity contribution in [2.75, 3.05) is 5.32 Å². The molecule has 0 heterocycles. The summed E-state index contributed by atoms with van der Waals surface area (Å²) in [5.41, 5.74) is 2.14. The third-order valence-corrected chi connectivity index (χ3v) is 3.08. The fraction of sp³-hybridized carbons (Fsp3) is 0.188. The topological polar surface area (TPSA) is 49.3 Å². The third-order valence-electron chi connectivity index (χ3n) is 3.08. The van der Waals surface area contributed by atoms with Gasteiger partial charge in [0.05, 0.1) is 6.10 Å². The quantitative estimate of drug-likeness (QED) is 0.900. The molecule has 1 unspecified atom stereocenters. The van der Waals surface area contributed by atoms with Crippen LogP contribution in [0.1, 0.15) is 34.5 Å². The molecule has 104 valence electrons. The van der Waals surface area contributed by atoms with Crippen LogP contribution in [-0.4, -0.2) is 11.0 Å². The van der Waals surface area contributed by atoms with Crippen molar-refractivity contribution in [3.8, 4) is 0 Å². The van der Waals surface area contributed by atoms with E-state index in [-0.39, 0.29) is 11.5 Å². The molecule has 2 aromatic carbocycles. The molecule has 0 fully saturated rings. The van der Waals surface area contributed by atoms with Crippen LogP contribution in [0.15, 0.2) is 42.5 Å². The minimum absolute atomic E-state index is 0.271. The molecule has 20 heavy (non-hydrogen) atoms. The summed E-state index contributed by atoms with van der Waals surface area (Å²) >= 11 is 0. The summed E-state index contributed by atoms with van der Waals surface area (Å²) in [5.74, 6) is -0.768. The predicted octanol–water partition coefficient (Wildman–Crippen LogP) is 3.44. The van der Waals surface area contributed by atoms with Gasteiger partial charge in [-0.1, -0.05) is 18.2 Å². The lowest BCUT2D eigenvalue weighted by Crippen LogP contribution is -2.12. The van der Waals surface area contributed by atoms with Crippen molar-refractivity contribution in [1.82, 2.24) is 0 Å². The second-order valence-corrected chi connectivity index (χ2v) is 4.72. The molecule has 2 aromatic rings. The van der Waals surface area contributed by atoms with Crippen LogP contribution in [0.4, 0.5) is 10.1 Å². The summed E-state index contributed by atoms with van der Waals surface area (Å²) in [6.07, 6.45) is -0.550. The summed E-state index contributed by atoms with van der Waals surface area (Å²) in [6.45, 7) is 3.31. The molecule has 0 bridgehead atoms. The van der Waals surface area contributed by atoms with Gasteiger partial charge < -0.3 is 10.4 Å². The van der Waals surface area contributed by atoms with E-state index in [1.165, 1.54) is 6.07 Å². The normalized spacial score (nSPS) is 12.0. The first-order valence-electron chi connectivity index (χ1n) is 6.33. The zero-order valence-corrected chi connectivity index (χ0v) is 11.4. The van der Waals surface area contributed by atoms with Gasteiger partial charge in [-0.25, -0.2) is 4.39 Å². The van der Waals surface area contributed by atoms with Crippen molar-refractivity contribution in [3.05, 3.63) is 65.0 Å². The molecular formula is C16H16FNO2. The SMILES string of the molecule is Cc1ccc(C(=O)Nc2ccc(C(C)O)cc2)cc1F. The molecule has 0 aromatic heterocycles. The van der Waals surface area contributed by atoms with E-state index >= 15 is 0 Å². The molecule has 2 N–H and O–H groups in total. The molecule has 0 saturated heterocycles. The number of aryl methyl sites for hydroxylation is 1. The zero-order valence-electron chi connectivity index (χ0n) is 11.4. The number of carbonyl (C=O) groups is 1. The van der Waals surface area contributed by atoms with Crippen LogP contribution in [0.5, 0.6) is 0 Å². The van der Waals surface area contributed by atoms with Crippen molar-refractivity contribution in [2.24, 2.45) is 0 Å². The Morgan fingerprint density at radius 3 is 2.40 bits per heavy atom. The average Bonchev–Trinajstić information content (AvgIpc) is 2.42. The highest BCUT2D eigenvalue weighted by Crippen LogP contribution is 2.17. The van der Waals surface area contributed by atoms with Gasteiger partial charge in [0.15, 0.2) is 0 Å². The number of hydrogen-bond acceptors (Lipinski definition) is 2. The van der Waals surface area contributed by atoms with Gasteiger partial charge in [0.1, 0.15) is 5.82 Å². The molecule has 0 aliphatic rings. The lowest BCUT2D eigenvalue weighted by atomic mass is 10.1. The first-order valence-corrected chi connectivity index (χ1v) is 6.33. The molecule has 1 atom stereocenters. The van der Waals surface area contributed by atoms with E-state index in [0.717, 1.165) is 5.56 Å². The maximum atomic E-state index is 13.4. The minimum Gasteiger partial charge on any atom is -0.389 e. The standard InChI is InChI=1S/C16H16FNO2/c1-10-3-4-13(9-15(10)17)16(20)18-14-7-5-12(6-8-14)11(2)19/h3-9,11,19H,1-2H3,(H,18,20). The van der Waals surface area contributed by atoms with Gasteiger partial charge in [-0.3, -0.25) is 4.79 Å². The minimum atomic E-state index is -0.550. The second kappa shape index (κ2) is 5.84. The Balaban J connectivity index is 2.12. The van der Waals surface area contributed by atoms with Crippen molar-refractivity contribution < 1.29 is 14.3 Å². The lowest BCUT2D eigenvalue weighted by molar-refractivity contribution is 0.102. The molecule has 0 aliphatic heterocycles. The highest BCUT2D eigenvalue weighted by molar-refractivity contribution is 6.04. The second-order valence-electron chi connectivity index (χ2n) is 4.72. The van der Waals surface area contributed by atoms with E-state index in [1.54, 1.807) is 50.2 Å². The first kappa shape index (κ1) is 14.2. The number of aliphatic hydroxyl groups excluding tert-OH is 1. The maximum Gasteiger partial charge on any atom is 0.255 e. The third kappa shape index (κ3) is 3.22. The number of amides is 1. The molecule has 0 spiro atoms. The molecule has 0 radical (unpaired) electrons. The summed E-state index contributed by atoms with van der Waals surface area (Å²) in [6, 6.07) is 11.2. The number of halogens is 1. The Morgan fingerprint density at radius 1 is 1.20 bits per heavy atom. The Kier molecular flexibility index (Phi) is 4.15. The summed E-state index contributed by atoms with van der Waals surface area (Å²) in [7, 11) is 0. The summed E-state index contributed by atoms with van der Waals surface area (Å²) in [5, 5.41) is 12.1. The van der Waals surface area contributed by atoms with E-state index in [2.05, 4.69) is 5.32 Å². The van der Waals surface area contributed by atoms with Gasteiger partial charge in [0, 0.05) is 11.3 Å². The van der Waals surface area contributed by atoms with E-state index in [0.29, 0.717) is 11.3 Å². The van der Waals surface area contributed by atoms with Crippen LogP contribution < -0.4 is 5.32 Å². The van der Waals surface area contributed by atoms with Gasteiger partial charge in [-0.05, 0) is 49.2 Å². The smallest absolute Gasteiger partial charge is 0.255 e. The molecule has 4 heteroatoms. The highest BCUT2D eigenvalue weighted by atomic mass is 19.1. The molecular weight excluding hydrogens is 257 g/mol. The van der Waals surface area contributed by atoms with Crippen molar-refractivity contribution in [2.45, 2.75) is 20.0 Å². The Morgan fingerprint density at radius 2 is 1.85 bits per heavy atom. The van der Waals surface area contributed by atoms with E-state index in [1.807, 2.05) is 0 Å². The number of anilines is 1. The number of aliphatic hydroxyl groups is 1. The fourth-order valence-corrected chi connectivity index (χ4v) is 1.78. The van der Waals surface area contributed by atoms with Crippen LogP contribution in [0.3, 0.4) is 0 Å². The monoisotopic (exact) mass is 273 g/mol. The number of carbonyl (C=O) groups excluding carboxylic acids is 1. The van der Waals surface area contributed by atoms with Crippen LogP contribution in [-0.2, 0) is 0 Å². The first-order chi connectivity index (χ1) is 9.47. The maximum absolute atomic E-state index is 13.4. The largest absolute Gasteiger partial charge is 0.389 e. The number of rotatable bonds is 3. The number of benzene rings is 2. The predicted molar refractivity (Wildman–Crippen MR) is 76.2 cm³/mol. The van der Waals surface area contributed by atoms with Crippen molar-refractivity contribution in [3.63, 3.8) is 0 Å². The lowest BCUT2D eigenvalue weighted by Gasteiger charge is -2.08. The van der Waals surface area contributed by atoms with Crippen LogP contribution >= 0.6 is 0 Å². The van der Waals surface area contributed by atoms with Crippen molar-refractivity contribution in [1.29, 1.82) is 0 Å². The molecule has 1 amide bonds. The average molecular weight is 273 g/mol. The Bertz CT molecular complexity index is 621. The van der Waals surface area contributed by atoms with Gasteiger partial charge in [0.2, 0.25) is 0 Å². The number of hydrogen-bond donors (Lipinski definition) is 2. The Hall–Kier alpha value is -2.20. The van der Waals surface area contributed by atoms with E-state index in [9.17, 15) is 14.3 Å². The fourth-order valence-electron chi connectivity index (χ4n) is 1.78. The van der Waals surface area contributed by atoms with Crippen molar-refractivity contribution >= 4 is 11.6 Å². The molecule has 2 rings (SSSR count). The Labute approximate surface area is 117 Å². The highest BCUT2D eigenvalue weighted by Gasteiger charge is 2.09. The van der Waals surface area contributed by atoms with Gasteiger partial charge in [0.25, 0.3) is 5.91 Å². The van der Waals surface area contributed by atoms with E-state index in [4.69, 9.17) is 0 Å². The van der Waals surface area contributed by atoms with Crippen LogP contribution in [0, 0.1) is 12.7 Å². The zero-order chi connectivity index (χ0) is 14.7. The van der Waals surface area contributed by atoms with Crippen LogP contribution in [0.25, 0.3) is 0 Å².